The van der Waals surface area contributed by atoms with Crippen LogP contribution in [0.25, 0.3) is 0 Å². The van der Waals surface area contributed by atoms with Crippen molar-refractivity contribution in [3.63, 3.8) is 0 Å². The zero-order valence-corrected chi connectivity index (χ0v) is 9.79. The highest BCUT2D eigenvalue weighted by atomic mass is 14.2. The summed E-state index contributed by atoms with van der Waals surface area (Å²) in [5.74, 6) is 0.784. The van der Waals surface area contributed by atoms with Gasteiger partial charge in [0.15, 0.2) is 0 Å². The van der Waals surface area contributed by atoms with E-state index in [2.05, 4.69) is 19.1 Å². The molecule has 0 radical (unpaired) electrons. The lowest BCUT2D eigenvalue weighted by atomic mass is 9.84. The lowest BCUT2D eigenvalue weighted by molar-refractivity contribution is 0.402. The molecule has 1 fully saturated rings. The van der Waals surface area contributed by atoms with Crippen LogP contribution in [-0.4, -0.2) is 0 Å². The van der Waals surface area contributed by atoms with E-state index < -0.39 is 0 Å². The third kappa shape index (κ3) is 6.75. The van der Waals surface area contributed by atoms with Crippen LogP contribution in [-0.2, 0) is 0 Å². The van der Waals surface area contributed by atoms with Gasteiger partial charge in [-0.3, -0.25) is 0 Å². The van der Waals surface area contributed by atoms with Gasteiger partial charge >= 0.3 is 0 Å². The number of nitrogens with zero attached hydrogens (tertiary/aromatic N) is 2. The van der Waals surface area contributed by atoms with Crippen LogP contribution in [0.15, 0.2) is 11.6 Å². The summed E-state index contributed by atoms with van der Waals surface area (Å²) in [6.45, 7) is 3.60. The fourth-order valence-electron chi connectivity index (χ4n) is 1.93. The van der Waals surface area contributed by atoms with Gasteiger partial charge in [0.05, 0.1) is 18.6 Å². The minimum atomic E-state index is 0.586. The van der Waals surface area contributed by atoms with Crippen LogP contribution in [0.1, 0.15) is 52.4 Å². The van der Waals surface area contributed by atoms with E-state index in [0.29, 0.717) is 6.42 Å². The molecule has 0 amide bonds. The predicted octanol–water partition coefficient (Wildman–Crippen LogP) is 3.96. The second-order valence-electron chi connectivity index (χ2n) is 3.87. The van der Waals surface area contributed by atoms with E-state index in [1.54, 1.807) is 6.07 Å². The summed E-state index contributed by atoms with van der Waals surface area (Å²) in [5, 5.41) is 15.7. The Balaban J connectivity index is 0.000000583. The monoisotopic (exact) mass is 204 g/mol. The molecule has 0 N–H and O–H groups in total. The third-order valence-electron chi connectivity index (χ3n) is 2.76. The molecule has 1 saturated carbocycles. The second kappa shape index (κ2) is 9.28. The van der Waals surface area contributed by atoms with E-state index in [9.17, 15) is 0 Å². The van der Waals surface area contributed by atoms with E-state index in [1.807, 2.05) is 0 Å². The Morgan fingerprint density at radius 1 is 1.27 bits per heavy atom. The van der Waals surface area contributed by atoms with E-state index in [0.717, 1.165) is 5.92 Å². The minimum Gasteiger partial charge on any atom is -0.199 e. The van der Waals surface area contributed by atoms with Gasteiger partial charge in [-0.1, -0.05) is 30.9 Å². The molecule has 0 aromatic carbocycles. The molecule has 0 aromatic heterocycles. The maximum Gasteiger partial charge on any atom is 0.0663 e. The highest BCUT2D eigenvalue weighted by molar-refractivity contribution is 5.06. The van der Waals surface area contributed by atoms with Crippen molar-refractivity contribution in [1.29, 1.82) is 10.5 Å². The number of nitriles is 2. The fraction of sp³-hybridized carbons (Fsp3) is 0.692. The van der Waals surface area contributed by atoms with Gasteiger partial charge in [0.2, 0.25) is 0 Å². The highest BCUT2D eigenvalue weighted by Crippen LogP contribution is 2.29. The van der Waals surface area contributed by atoms with Crippen molar-refractivity contribution in [2.24, 2.45) is 5.92 Å². The molecule has 1 rings (SSSR count). The van der Waals surface area contributed by atoms with Gasteiger partial charge in [0.25, 0.3) is 0 Å². The Labute approximate surface area is 93.2 Å². The van der Waals surface area contributed by atoms with Crippen LogP contribution in [0.5, 0.6) is 0 Å². The van der Waals surface area contributed by atoms with Gasteiger partial charge in [0.1, 0.15) is 0 Å². The van der Waals surface area contributed by atoms with E-state index in [1.165, 1.54) is 44.6 Å². The Morgan fingerprint density at radius 2 is 1.80 bits per heavy atom. The first-order chi connectivity index (χ1) is 7.26. The highest BCUT2D eigenvalue weighted by Gasteiger charge is 2.13. The van der Waals surface area contributed by atoms with Crippen LogP contribution in [0.2, 0.25) is 0 Å². The molecule has 0 spiro atoms. The number of allylic oxidation sites excluding steroid dienone is 2. The van der Waals surface area contributed by atoms with Crippen LogP contribution in [0, 0.1) is 28.6 Å². The van der Waals surface area contributed by atoms with Crippen LogP contribution < -0.4 is 0 Å². The van der Waals surface area contributed by atoms with Crippen molar-refractivity contribution in [3.8, 4) is 12.1 Å². The van der Waals surface area contributed by atoms with E-state index >= 15 is 0 Å². The molecule has 0 unspecified atom stereocenters. The largest absolute Gasteiger partial charge is 0.199 e. The molecule has 0 saturated heterocycles. The minimum absolute atomic E-state index is 0.586. The smallest absolute Gasteiger partial charge is 0.0663 e. The predicted molar refractivity (Wildman–Crippen MR) is 61.8 cm³/mol. The standard InChI is InChI=1S/C11H17N.C2H3N/c1-10(6-5-9-12)11-7-3-2-4-8-11;1-2-3/h6,11H,2-5,7-8H2,1H3;1H3/b10-6-;. The molecule has 0 aromatic rings. The van der Waals surface area contributed by atoms with Crippen molar-refractivity contribution in [3.05, 3.63) is 11.6 Å². The summed E-state index contributed by atoms with van der Waals surface area (Å²) in [5.41, 5.74) is 1.44. The molecule has 0 heterocycles. The Bertz CT molecular complexity index is 259. The molecule has 15 heavy (non-hydrogen) atoms. The summed E-state index contributed by atoms with van der Waals surface area (Å²) < 4.78 is 0. The average molecular weight is 204 g/mol. The van der Waals surface area contributed by atoms with Crippen molar-refractivity contribution in [1.82, 2.24) is 0 Å². The van der Waals surface area contributed by atoms with Gasteiger partial charge in [-0.15, -0.1) is 0 Å². The average Bonchev–Trinajstić information content (AvgIpc) is 2.28. The number of hydrogen-bond donors (Lipinski definition) is 0. The summed E-state index contributed by atoms with van der Waals surface area (Å²) in [4.78, 5) is 0. The number of hydrogen-bond acceptors (Lipinski definition) is 2. The molecule has 1 aliphatic rings. The summed E-state index contributed by atoms with van der Waals surface area (Å²) in [6, 6.07) is 3.91. The van der Waals surface area contributed by atoms with Crippen LogP contribution in [0.3, 0.4) is 0 Å². The SMILES string of the molecule is C/C(=C/CC#N)C1CCCCC1.CC#N. The first-order valence-corrected chi connectivity index (χ1v) is 5.60. The Kier molecular flexibility index (Phi) is 8.49. The van der Waals surface area contributed by atoms with Gasteiger partial charge < -0.3 is 0 Å². The quantitative estimate of drug-likeness (QED) is 0.639. The molecule has 2 nitrogen and oxygen atoms in total. The van der Waals surface area contributed by atoms with E-state index in [4.69, 9.17) is 10.5 Å². The first-order valence-electron chi connectivity index (χ1n) is 5.60. The Hall–Kier alpha value is -1.28. The van der Waals surface area contributed by atoms with Crippen LogP contribution in [0.4, 0.5) is 0 Å². The van der Waals surface area contributed by atoms with E-state index in [-0.39, 0.29) is 0 Å². The van der Waals surface area contributed by atoms with Crippen molar-refractivity contribution in [2.75, 3.05) is 0 Å². The summed E-state index contributed by atoms with van der Waals surface area (Å²) in [6.07, 6.45) is 9.52. The lowest BCUT2D eigenvalue weighted by Gasteiger charge is -2.22. The normalized spacial score (nSPS) is 16.9. The maximum atomic E-state index is 8.42. The molecular formula is C13H20N2. The molecule has 0 atom stereocenters. The topological polar surface area (TPSA) is 47.6 Å². The van der Waals surface area contributed by atoms with Gasteiger partial charge in [-0.2, -0.15) is 10.5 Å². The zero-order valence-electron chi connectivity index (χ0n) is 9.79. The molecule has 0 bridgehead atoms. The van der Waals surface area contributed by atoms with Gasteiger partial charge in [-0.25, -0.2) is 0 Å². The molecule has 2 heteroatoms. The van der Waals surface area contributed by atoms with Gasteiger partial charge in [-0.05, 0) is 25.7 Å². The molecule has 82 valence electrons. The Morgan fingerprint density at radius 3 is 2.27 bits per heavy atom. The summed E-state index contributed by atoms with van der Waals surface area (Å²) in [7, 11) is 0. The van der Waals surface area contributed by atoms with Gasteiger partial charge in [0, 0.05) is 6.92 Å². The first kappa shape index (κ1) is 13.7. The maximum absolute atomic E-state index is 8.42. The zero-order chi connectivity index (χ0) is 11.5. The van der Waals surface area contributed by atoms with Crippen LogP contribution >= 0.6 is 0 Å². The van der Waals surface area contributed by atoms with Crippen molar-refractivity contribution in [2.45, 2.75) is 52.4 Å². The fourth-order valence-corrected chi connectivity index (χ4v) is 1.93. The van der Waals surface area contributed by atoms with Crippen molar-refractivity contribution < 1.29 is 0 Å². The number of rotatable bonds is 2. The molecule has 0 aliphatic heterocycles. The molecular weight excluding hydrogens is 184 g/mol. The summed E-state index contributed by atoms with van der Waals surface area (Å²) >= 11 is 0. The lowest BCUT2D eigenvalue weighted by Crippen LogP contribution is -2.07. The second-order valence-corrected chi connectivity index (χ2v) is 3.87. The molecule has 1 aliphatic carbocycles. The van der Waals surface area contributed by atoms with Crippen molar-refractivity contribution >= 4 is 0 Å². The third-order valence-corrected chi connectivity index (χ3v) is 2.76.